The lowest BCUT2D eigenvalue weighted by molar-refractivity contribution is 0.0253. The summed E-state index contributed by atoms with van der Waals surface area (Å²) in [6.07, 6.45) is -1.04. The Labute approximate surface area is 154 Å². The zero-order chi connectivity index (χ0) is 18.8. The first-order valence-corrected chi connectivity index (χ1v) is 11.9. The Morgan fingerprint density at radius 2 is 1.20 bits per heavy atom. The van der Waals surface area contributed by atoms with Crippen molar-refractivity contribution in [3.8, 4) is 0 Å². The average molecular weight is 357 g/mol. The lowest BCUT2D eigenvalue weighted by atomic mass is 9.97. The summed E-state index contributed by atoms with van der Waals surface area (Å²) in [6, 6.07) is 16.4. The fourth-order valence-electron chi connectivity index (χ4n) is 2.50. The monoisotopic (exact) mass is 356 g/mol. The number of aliphatic hydroxyl groups excluding tert-OH is 1. The summed E-state index contributed by atoms with van der Waals surface area (Å²) in [4.78, 5) is 0. The van der Waals surface area contributed by atoms with Crippen LogP contribution in [-0.4, -0.2) is 13.4 Å². The first-order chi connectivity index (χ1) is 11.5. The molecule has 136 valence electrons. The number of aryl methyl sites for hydroxylation is 2. The molecule has 2 aromatic rings. The van der Waals surface area contributed by atoms with Crippen molar-refractivity contribution >= 4 is 8.32 Å². The van der Waals surface area contributed by atoms with Crippen molar-refractivity contribution in [2.24, 2.45) is 0 Å². The largest absolute Gasteiger partial charge is 0.407 e. The van der Waals surface area contributed by atoms with E-state index in [1.54, 1.807) is 0 Å². The smallest absolute Gasteiger partial charge is 0.193 e. The zero-order valence-electron chi connectivity index (χ0n) is 16.6. The van der Waals surface area contributed by atoms with Gasteiger partial charge in [0.1, 0.15) is 12.2 Å². The van der Waals surface area contributed by atoms with Crippen molar-refractivity contribution in [2.45, 2.75) is 65.0 Å². The van der Waals surface area contributed by atoms with Gasteiger partial charge in [0.2, 0.25) is 0 Å². The van der Waals surface area contributed by atoms with Gasteiger partial charge in [-0.2, -0.15) is 0 Å². The summed E-state index contributed by atoms with van der Waals surface area (Å²) in [7, 11) is -2.03. The number of rotatable bonds is 5. The Bertz CT molecular complexity index is 681. The van der Waals surface area contributed by atoms with E-state index in [1.807, 2.05) is 24.3 Å². The van der Waals surface area contributed by atoms with E-state index in [-0.39, 0.29) is 11.1 Å². The van der Waals surface area contributed by atoms with E-state index >= 15 is 0 Å². The van der Waals surface area contributed by atoms with E-state index in [0.29, 0.717) is 0 Å². The molecule has 2 aromatic carbocycles. The summed E-state index contributed by atoms with van der Waals surface area (Å²) >= 11 is 0. The molecule has 0 fully saturated rings. The highest BCUT2D eigenvalue weighted by Crippen LogP contribution is 2.43. The minimum absolute atomic E-state index is 0.0863. The van der Waals surface area contributed by atoms with Gasteiger partial charge in [-0.05, 0) is 43.1 Å². The maximum Gasteiger partial charge on any atom is 0.193 e. The van der Waals surface area contributed by atoms with Crippen LogP contribution in [0.25, 0.3) is 0 Å². The third-order valence-electron chi connectivity index (χ3n) is 5.34. The molecule has 0 heterocycles. The van der Waals surface area contributed by atoms with Crippen molar-refractivity contribution in [3.63, 3.8) is 0 Å². The molecular formula is C22H32O2Si. The van der Waals surface area contributed by atoms with Gasteiger partial charge in [-0.3, -0.25) is 0 Å². The SMILES string of the molecule is Cc1ccc([C@@H](O)[C@@H](O[Si](C)(C)C(C)(C)C)c2ccc(C)cc2)cc1. The molecule has 3 heteroatoms. The predicted molar refractivity (Wildman–Crippen MR) is 108 cm³/mol. The van der Waals surface area contributed by atoms with Crippen LogP contribution in [-0.2, 0) is 4.43 Å². The Morgan fingerprint density at radius 1 is 0.800 bits per heavy atom. The molecular weight excluding hydrogens is 324 g/mol. The van der Waals surface area contributed by atoms with Crippen molar-refractivity contribution in [2.75, 3.05) is 0 Å². The van der Waals surface area contributed by atoms with Crippen LogP contribution in [0.4, 0.5) is 0 Å². The van der Waals surface area contributed by atoms with Gasteiger partial charge in [-0.15, -0.1) is 0 Å². The summed E-state index contributed by atoms with van der Waals surface area (Å²) in [5.74, 6) is 0. The highest BCUT2D eigenvalue weighted by atomic mass is 28.4. The van der Waals surface area contributed by atoms with Crippen molar-refractivity contribution in [1.82, 2.24) is 0 Å². The molecule has 0 saturated heterocycles. The highest BCUT2D eigenvalue weighted by Gasteiger charge is 2.41. The van der Waals surface area contributed by atoms with E-state index in [0.717, 1.165) is 11.1 Å². The third kappa shape index (κ3) is 4.81. The minimum Gasteiger partial charge on any atom is -0.407 e. The first-order valence-electron chi connectivity index (χ1n) is 9.00. The van der Waals surface area contributed by atoms with Gasteiger partial charge in [0.05, 0.1) is 0 Å². The Morgan fingerprint density at radius 3 is 1.60 bits per heavy atom. The molecule has 0 radical (unpaired) electrons. The van der Waals surface area contributed by atoms with Crippen LogP contribution in [0.2, 0.25) is 18.1 Å². The molecule has 0 aliphatic heterocycles. The molecule has 0 aliphatic carbocycles. The maximum absolute atomic E-state index is 11.1. The van der Waals surface area contributed by atoms with Crippen LogP contribution < -0.4 is 0 Å². The third-order valence-corrected chi connectivity index (χ3v) is 9.79. The topological polar surface area (TPSA) is 29.5 Å². The first kappa shape index (κ1) is 19.9. The Hall–Kier alpha value is -1.42. The van der Waals surface area contributed by atoms with Gasteiger partial charge >= 0.3 is 0 Å². The zero-order valence-corrected chi connectivity index (χ0v) is 17.6. The van der Waals surface area contributed by atoms with Gasteiger partial charge in [-0.1, -0.05) is 80.4 Å². The summed E-state index contributed by atoms with van der Waals surface area (Å²) in [6.45, 7) is 15.3. The second-order valence-corrected chi connectivity index (χ2v) is 13.3. The van der Waals surface area contributed by atoms with Crippen LogP contribution in [0, 0.1) is 13.8 Å². The van der Waals surface area contributed by atoms with Gasteiger partial charge in [0.15, 0.2) is 8.32 Å². The summed E-state index contributed by atoms with van der Waals surface area (Å²) in [5.41, 5.74) is 4.33. The minimum atomic E-state index is -2.03. The van der Waals surface area contributed by atoms with E-state index in [9.17, 15) is 5.11 Å². The predicted octanol–water partition coefficient (Wildman–Crippen LogP) is 6.10. The van der Waals surface area contributed by atoms with Crippen LogP contribution in [0.1, 0.15) is 55.2 Å². The molecule has 2 rings (SSSR count). The van der Waals surface area contributed by atoms with Gasteiger partial charge in [-0.25, -0.2) is 0 Å². The van der Waals surface area contributed by atoms with Crippen LogP contribution in [0.3, 0.4) is 0 Å². The van der Waals surface area contributed by atoms with E-state index in [4.69, 9.17) is 4.43 Å². The molecule has 25 heavy (non-hydrogen) atoms. The van der Waals surface area contributed by atoms with Crippen molar-refractivity contribution in [1.29, 1.82) is 0 Å². The van der Waals surface area contributed by atoms with E-state index in [1.165, 1.54) is 11.1 Å². The lowest BCUT2D eigenvalue weighted by Crippen LogP contribution is -2.42. The fourth-order valence-corrected chi connectivity index (χ4v) is 3.76. The molecule has 0 bridgehead atoms. The molecule has 0 saturated carbocycles. The highest BCUT2D eigenvalue weighted by molar-refractivity contribution is 6.74. The Kier molecular flexibility index (Phi) is 5.92. The number of benzene rings is 2. The quantitative estimate of drug-likeness (QED) is 0.656. The summed E-state index contributed by atoms with van der Waals surface area (Å²) in [5, 5.41) is 11.2. The molecule has 0 unspecified atom stereocenters. The van der Waals surface area contributed by atoms with E-state index < -0.39 is 14.4 Å². The van der Waals surface area contributed by atoms with Crippen molar-refractivity contribution in [3.05, 3.63) is 70.8 Å². The van der Waals surface area contributed by atoms with Gasteiger partial charge < -0.3 is 9.53 Å². The maximum atomic E-state index is 11.1. The normalized spacial score (nSPS) is 15.0. The standard InChI is InChI=1S/C22H32O2Si/c1-16-8-12-18(13-9-16)20(23)21(19-14-10-17(2)11-15-19)24-25(6,7)22(3,4)5/h8-15,20-21,23H,1-7H3/t20-,21+/m1/s1. The second kappa shape index (κ2) is 7.44. The summed E-state index contributed by atoms with van der Waals surface area (Å²) < 4.78 is 6.66. The van der Waals surface area contributed by atoms with Crippen LogP contribution >= 0.6 is 0 Å². The lowest BCUT2D eigenvalue weighted by Gasteiger charge is -2.40. The van der Waals surface area contributed by atoms with Crippen LogP contribution in [0.5, 0.6) is 0 Å². The van der Waals surface area contributed by atoms with E-state index in [2.05, 4.69) is 72.0 Å². The molecule has 0 aliphatic rings. The van der Waals surface area contributed by atoms with Crippen LogP contribution in [0.15, 0.2) is 48.5 Å². The molecule has 1 N–H and O–H groups in total. The Balaban J connectivity index is 2.41. The van der Waals surface area contributed by atoms with Gasteiger partial charge in [0, 0.05) is 0 Å². The molecule has 2 atom stereocenters. The molecule has 0 spiro atoms. The average Bonchev–Trinajstić information content (AvgIpc) is 2.52. The number of hydrogen-bond donors (Lipinski definition) is 1. The molecule has 0 aromatic heterocycles. The molecule has 0 amide bonds. The number of aliphatic hydroxyl groups is 1. The fraction of sp³-hybridized carbons (Fsp3) is 0.455. The number of hydrogen-bond acceptors (Lipinski definition) is 2. The molecule has 2 nitrogen and oxygen atoms in total. The van der Waals surface area contributed by atoms with Crippen molar-refractivity contribution < 1.29 is 9.53 Å². The second-order valence-electron chi connectivity index (χ2n) is 8.56. The van der Waals surface area contributed by atoms with Gasteiger partial charge in [0.25, 0.3) is 0 Å².